The van der Waals surface area contributed by atoms with Crippen molar-refractivity contribution in [3.63, 3.8) is 0 Å². The van der Waals surface area contributed by atoms with E-state index in [2.05, 4.69) is 23.6 Å². The number of Topliss-reactive ketones (excluding diaryl/α,β-unsaturated/α-hetero) is 1. The highest BCUT2D eigenvalue weighted by Crippen LogP contribution is 2.32. The number of rotatable bonds is 2. The smallest absolute Gasteiger partial charge is 0.168 e. The number of hydrogen-bond acceptors (Lipinski definition) is 1. The topological polar surface area (TPSA) is 22.0 Å². The Morgan fingerprint density at radius 3 is 2.58 bits per heavy atom. The molecule has 0 aliphatic heterocycles. The molecule has 1 aromatic heterocycles. The van der Waals surface area contributed by atoms with Gasteiger partial charge in [-0.2, -0.15) is 0 Å². The number of ketones is 1. The van der Waals surface area contributed by atoms with Gasteiger partial charge >= 0.3 is 0 Å². The number of carbonyl (C=O) groups is 1. The first kappa shape index (κ1) is 12.5. The summed E-state index contributed by atoms with van der Waals surface area (Å²) in [5, 5.41) is 1.11. The quantitative estimate of drug-likeness (QED) is 0.738. The van der Waals surface area contributed by atoms with Gasteiger partial charge in [0.15, 0.2) is 5.78 Å². The second-order valence-electron chi connectivity index (χ2n) is 5.99. The highest BCUT2D eigenvalue weighted by Gasteiger charge is 2.27. The zero-order chi connectivity index (χ0) is 13.4. The van der Waals surface area contributed by atoms with Crippen LogP contribution < -0.4 is 0 Å². The second-order valence-corrected chi connectivity index (χ2v) is 5.99. The molecular formula is C17H21NO. The van der Waals surface area contributed by atoms with Crippen LogP contribution in [-0.4, -0.2) is 10.4 Å². The van der Waals surface area contributed by atoms with E-state index in [1.807, 2.05) is 25.4 Å². The van der Waals surface area contributed by atoms with Crippen molar-refractivity contribution in [3.05, 3.63) is 36.0 Å². The van der Waals surface area contributed by atoms with Crippen LogP contribution in [0.1, 0.15) is 43.0 Å². The highest BCUT2D eigenvalue weighted by molar-refractivity contribution is 6.09. The van der Waals surface area contributed by atoms with Crippen LogP contribution in [0.15, 0.2) is 30.5 Å². The molecule has 19 heavy (non-hydrogen) atoms. The molecule has 2 heteroatoms. The summed E-state index contributed by atoms with van der Waals surface area (Å²) in [4.78, 5) is 12.7. The molecule has 0 saturated heterocycles. The van der Waals surface area contributed by atoms with E-state index in [-0.39, 0.29) is 5.92 Å². The number of carbonyl (C=O) groups excluding carboxylic acids is 1. The Kier molecular flexibility index (Phi) is 3.17. The molecule has 1 aromatic carbocycles. The fourth-order valence-corrected chi connectivity index (χ4v) is 3.28. The molecule has 1 fully saturated rings. The van der Waals surface area contributed by atoms with Gasteiger partial charge in [-0.25, -0.2) is 0 Å². The van der Waals surface area contributed by atoms with Gasteiger partial charge in [-0.15, -0.1) is 0 Å². The second kappa shape index (κ2) is 4.84. The van der Waals surface area contributed by atoms with Crippen LogP contribution in [0, 0.1) is 11.8 Å². The molecule has 0 atom stereocenters. The lowest BCUT2D eigenvalue weighted by Crippen LogP contribution is -2.20. The lowest BCUT2D eigenvalue weighted by Gasteiger charge is -2.24. The van der Waals surface area contributed by atoms with Gasteiger partial charge in [0.1, 0.15) is 0 Å². The largest absolute Gasteiger partial charge is 0.350 e. The van der Waals surface area contributed by atoms with Crippen LogP contribution in [-0.2, 0) is 7.05 Å². The van der Waals surface area contributed by atoms with E-state index in [4.69, 9.17) is 0 Å². The maximum absolute atomic E-state index is 12.7. The predicted octanol–water partition coefficient (Wildman–Crippen LogP) is 4.19. The minimum Gasteiger partial charge on any atom is -0.350 e. The van der Waals surface area contributed by atoms with E-state index >= 15 is 0 Å². The van der Waals surface area contributed by atoms with Gasteiger partial charge in [0.2, 0.25) is 0 Å². The zero-order valence-electron chi connectivity index (χ0n) is 11.7. The summed E-state index contributed by atoms with van der Waals surface area (Å²) in [7, 11) is 2.02. The summed E-state index contributed by atoms with van der Waals surface area (Å²) in [6.07, 6.45) is 6.51. The Morgan fingerprint density at radius 1 is 1.16 bits per heavy atom. The molecule has 1 heterocycles. The Labute approximate surface area is 114 Å². The molecule has 100 valence electrons. The molecule has 0 bridgehead atoms. The van der Waals surface area contributed by atoms with Crippen LogP contribution in [0.25, 0.3) is 10.9 Å². The van der Waals surface area contributed by atoms with Crippen LogP contribution >= 0.6 is 0 Å². The predicted molar refractivity (Wildman–Crippen MR) is 78.4 cm³/mol. The van der Waals surface area contributed by atoms with Crippen LogP contribution in [0.5, 0.6) is 0 Å². The first-order chi connectivity index (χ1) is 9.16. The van der Waals surface area contributed by atoms with Gasteiger partial charge in [-0.3, -0.25) is 4.79 Å². The van der Waals surface area contributed by atoms with Gasteiger partial charge in [0.05, 0.1) is 0 Å². The molecule has 1 aliphatic carbocycles. The lowest BCUT2D eigenvalue weighted by molar-refractivity contribution is 0.0877. The molecule has 2 nitrogen and oxygen atoms in total. The Balaban J connectivity index is 1.94. The third-order valence-electron chi connectivity index (χ3n) is 4.55. The maximum Gasteiger partial charge on any atom is 0.168 e. The zero-order valence-corrected chi connectivity index (χ0v) is 11.7. The third kappa shape index (κ3) is 2.20. The number of aryl methyl sites for hydroxylation is 1. The average molecular weight is 255 g/mol. The normalized spacial score (nSPS) is 23.7. The van der Waals surface area contributed by atoms with Gasteiger partial charge in [0.25, 0.3) is 0 Å². The molecule has 0 unspecified atom stereocenters. The van der Waals surface area contributed by atoms with Crippen molar-refractivity contribution in [1.82, 2.24) is 4.57 Å². The number of hydrogen-bond donors (Lipinski definition) is 0. The third-order valence-corrected chi connectivity index (χ3v) is 4.55. The van der Waals surface area contributed by atoms with E-state index in [1.54, 1.807) is 0 Å². The highest BCUT2D eigenvalue weighted by atomic mass is 16.1. The van der Waals surface area contributed by atoms with Crippen molar-refractivity contribution in [1.29, 1.82) is 0 Å². The first-order valence-corrected chi connectivity index (χ1v) is 7.25. The number of benzene rings is 1. The number of nitrogens with zero attached hydrogens (tertiary/aromatic N) is 1. The summed E-state index contributed by atoms with van der Waals surface area (Å²) in [5.74, 6) is 1.38. The number of para-hydroxylation sites is 1. The minimum absolute atomic E-state index is 0.238. The van der Waals surface area contributed by atoms with Crippen molar-refractivity contribution in [2.75, 3.05) is 0 Å². The molecule has 0 N–H and O–H groups in total. The van der Waals surface area contributed by atoms with E-state index in [0.29, 0.717) is 5.78 Å². The monoisotopic (exact) mass is 255 g/mol. The Hall–Kier alpha value is -1.57. The Bertz CT molecular complexity index is 603. The molecule has 0 spiro atoms. The summed E-state index contributed by atoms with van der Waals surface area (Å²) < 4.78 is 2.06. The van der Waals surface area contributed by atoms with Crippen LogP contribution in [0.4, 0.5) is 0 Å². The summed E-state index contributed by atoms with van der Waals surface area (Å²) in [6, 6.07) is 8.18. The van der Waals surface area contributed by atoms with E-state index < -0.39 is 0 Å². The standard InChI is InChI=1S/C17H21NO/c1-12-7-9-13(10-8-12)17(19)15-11-18(2)16-6-4-3-5-14(15)16/h3-6,11-13H,7-10H2,1-2H3. The van der Waals surface area contributed by atoms with Crippen LogP contribution in [0.3, 0.4) is 0 Å². The molecule has 0 radical (unpaired) electrons. The van der Waals surface area contributed by atoms with Crippen molar-refractivity contribution < 1.29 is 4.79 Å². The van der Waals surface area contributed by atoms with Crippen molar-refractivity contribution in [2.24, 2.45) is 18.9 Å². The molecule has 1 saturated carbocycles. The van der Waals surface area contributed by atoms with E-state index in [0.717, 1.165) is 35.2 Å². The van der Waals surface area contributed by atoms with Crippen LogP contribution in [0.2, 0.25) is 0 Å². The number of fused-ring (bicyclic) bond motifs is 1. The van der Waals surface area contributed by atoms with E-state index in [1.165, 1.54) is 12.8 Å². The summed E-state index contributed by atoms with van der Waals surface area (Å²) >= 11 is 0. The number of aromatic nitrogens is 1. The van der Waals surface area contributed by atoms with Crippen molar-refractivity contribution in [3.8, 4) is 0 Å². The first-order valence-electron chi connectivity index (χ1n) is 7.25. The summed E-state index contributed by atoms with van der Waals surface area (Å²) in [6.45, 7) is 2.29. The van der Waals surface area contributed by atoms with Gasteiger partial charge in [0, 0.05) is 35.6 Å². The molecule has 0 amide bonds. The molecule has 3 rings (SSSR count). The van der Waals surface area contributed by atoms with Crippen molar-refractivity contribution in [2.45, 2.75) is 32.6 Å². The lowest BCUT2D eigenvalue weighted by atomic mass is 9.79. The molecular weight excluding hydrogens is 234 g/mol. The fourth-order valence-electron chi connectivity index (χ4n) is 3.28. The van der Waals surface area contributed by atoms with Crippen molar-refractivity contribution >= 4 is 16.7 Å². The van der Waals surface area contributed by atoms with E-state index in [9.17, 15) is 4.79 Å². The van der Waals surface area contributed by atoms with Gasteiger partial charge in [-0.1, -0.05) is 38.0 Å². The molecule has 1 aliphatic rings. The van der Waals surface area contributed by atoms with Gasteiger partial charge < -0.3 is 4.57 Å². The Morgan fingerprint density at radius 2 is 1.84 bits per heavy atom. The summed E-state index contributed by atoms with van der Waals surface area (Å²) in [5.41, 5.74) is 2.06. The van der Waals surface area contributed by atoms with Gasteiger partial charge in [-0.05, 0) is 24.8 Å². The SMILES string of the molecule is CC1CCC(C(=O)c2cn(C)c3ccccc23)CC1. The minimum atomic E-state index is 0.238. The average Bonchev–Trinajstić information content (AvgIpc) is 2.77. The molecule has 2 aromatic rings. The fraction of sp³-hybridized carbons (Fsp3) is 0.471. The maximum atomic E-state index is 12.7.